The second-order valence-corrected chi connectivity index (χ2v) is 10.2. The van der Waals surface area contributed by atoms with Gasteiger partial charge >= 0.3 is 0 Å². The van der Waals surface area contributed by atoms with Gasteiger partial charge in [0.1, 0.15) is 0 Å². The molecule has 1 aliphatic heterocycles. The lowest BCUT2D eigenvalue weighted by atomic mass is 9.81. The van der Waals surface area contributed by atoms with Crippen molar-refractivity contribution < 1.29 is 13.6 Å². The van der Waals surface area contributed by atoms with Gasteiger partial charge in [-0.25, -0.2) is 13.5 Å². The van der Waals surface area contributed by atoms with E-state index >= 15 is 0 Å². The number of fused-ring (bicyclic) bond motifs is 1. The fourth-order valence-corrected chi connectivity index (χ4v) is 5.46. The monoisotopic (exact) mass is 446 g/mol. The van der Waals surface area contributed by atoms with E-state index in [0.29, 0.717) is 11.4 Å². The molecule has 2 N–H and O–H groups in total. The molecule has 3 aromatic rings. The minimum absolute atomic E-state index is 0.211. The van der Waals surface area contributed by atoms with E-state index in [9.17, 15) is 13.6 Å². The highest BCUT2D eigenvalue weighted by molar-refractivity contribution is 7.92. The van der Waals surface area contributed by atoms with E-state index in [1.165, 1.54) is 24.8 Å². The average Bonchev–Trinajstić information content (AvgIpc) is 2.77. The molecule has 6 heteroatoms. The van der Waals surface area contributed by atoms with Gasteiger partial charge in [0.25, 0.3) is 10.0 Å². The third-order valence-electron chi connectivity index (χ3n) is 6.39. The molecule has 1 heterocycles. The van der Waals surface area contributed by atoms with Crippen LogP contribution >= 0.6 is 0 Å². The van der Waals surface area contributed by atoms with Crippen molar-refractivity contribution in [3.05, 3.63) is 95.6 Å². The molecule has 3 aromatic carbocycles. The maximum absolute atomic E-state index is 13.1. The zero-order valence-electron chi connectivity index (χ0n) is 17.7. The normalized spacial score (nSPS) is 18.2. The maximum atomic E-state index is 13.1. The summed E-state index contributed by atoms with van der Waals surface area (Å²) in [7, 11) is -3.80. The molecule has 2 aliphatic rings. The Morgan fingerprint density at radius 2 is 1.69 bits per heavy atom. The molecule has 1 unspecified atom stereocenters. The van der Waals surface area contributed by atoms with Crippen molar-refractivity contribution >= 4 is 27.5 Å². The molecule has 1 aliphatic carbocycles. The van der Waals surface area contributed by atoms with Crippen LogP contribution in [-0.4, -0.2) is 13.6 Å². The SMILES string of the molecule is O=S(=O)(Nc1cccc2c1N(O)C(c1ccccc1)C=C2)c1ccc(CC2CCC2)cc1. The molecule has 0 radical (unpaired) electrons. The highest BCUT2D eigenvalue weighted by Crippen LogP contribution is 2.40. The van der Waals surface area contributed by atoms with Crippen molar-refractivity contribution in [3.63, 3.8) is 0 Å². The van der Waals surface area contributed by atoms with Crippen LogP contribution in [0.15, 0.2) is 83.8 Å². The summed E-state index contributed by atoms with van der Waals surface area (Å²) in [5.41, 5.74) is 3.61. The summed E-state index contributed by atoms with van der Waals surface area (Å²) in [4.78, 5) is 0.211. The summed E-state index contributed by atoms with van der Waals surface area (Å²) in [5, 5.41) is 12.1. The van der Waals surface area contributed by atoms with Crippen molar-refractivity contribution in [3.8, 4) is 0 Å². The Bertz CT molecular complexity index is 1230. The number of hydrogen-bond acceptors (Lipinski definition) is 4. The van der Waals surface area contributed by atoms with Gasteiger partial charge < -0.3 is 0 Å². The number of nitrogens with zero attached hydrogens (tertiary/aromatic N) is 1. The Kier molecular flexibility index (Phi) is 5.49. The Labute approximate surface area is 189 Å². The fourth-order valence-electron chi connectivity index (χ4n) is 4.39. The van der Waals surface area contributed by atoms with Crippen molar-refractivity contribution in [1.29, 1.82) is 0 Å². The summed E-state index contributed by atoms with van der Waals surface area (Å²) < 4.78 is 28.9. The first-order chi connectivity index (χ1) is 15.5. The van der Waals surface area contributed by atoms with Crippen LogP contribution in [0.4, 0.5) is 11.4 Å². The van der Waals surface area contributed by atoms with Crippen LogP contribution < -0.4 is 9.79 Å². The van der Waals surface area contributed by atoms with E-state index in [2.05, 4.69) is 4.72 Å². The summed E-state index contributed by atoms with van der Waals surface area (Å²) in [6.45, 7) is 0. The number of rotatable bonds is 6. The van der Waals surface area contributed by atoms with Crippen LogP contribution in [-0.2, 0) is 16.4 Å². The van der Waals surface area contributed by atoms with Crippen LogP contribution in [0.5, 0.6) is 0 Å². The van der Waals surface area contributed by atoms with Crippen molar-refractivity contribution in [1.82, 2.24) is 0 Å². The van der Waals surface area contributed by atoms with Gasteiger partial charge in [0.15, 0.2) is 0 Å². The number of benzene rings is 3. The topological polar surface area (TPSA) is 69.6 Å². The highest BCUT2D eigenvalue weighted by atomic mass is 32.2. The average molecular weight is 447 g/mol. The smallest absolute Gasteiger partial charge is 0.261 e. The predicted molar refractivity (Wildman–Crippen MR) is 127 cm³/mol. The lowest BCUT2D eigenvalue weighted by Gasteiger charge is -2.32. The number of anilines is 2. The number of para-hydroxylation sites is 1. The molecule has 164 valence electrons. The first kappa shape index (κ1) is 20.8. The van der Waals surface area contributed by atoms with Crippen LogP contribution in [0.1, 0.15) is 42.0 Å². The van der Waals surface area contributed by atoms with Crippen molar-refractivity contribution in [2.75, 3.05) is 9.79 Å². The van der Waals surface area contributed by atoms with Gasteiger partial charge in [-0.15, -0.1) is 0 Å². The summed E-state index contributed by atoms with van der Waals surface area (Å²) in [5.74, 6) is 0.729. The molecular weight excluding hydrogens is 420 g/mol. The fraction of sp³-hybridized carbons (Fsp3) is 0.231. The minimum atomic E-state index is -3.80. The van der Waals surface area contributed by atoms with Gasteiger partial charge in [-0.3, -0.25) is 9.93 Å². The van der Waals surface area contributed by atoms with Crippen LogP contribution in [0.2, 0.25) is 0 Å². The Morgan fingerprint density at radius 3 is 2.38 bits per heavy atom. The summed E-state index contributed by atoms with van der Waals surface area (Å²) in [6, 6.07) is 21.6. The number of sulfonamides is 1. The van der Waals surface area contributed by atoms with Gasteiger partial charge in [0.2, 0.25) is 0 Å². The zero-order chi connectivity index (χ0) is 22.1. The van der Waals surface area contributed by atoms with E-state index in [4.69, 9.17) is 0 Å². The quantitative estimate of drug-likeness (QED) is 0.503. The molecule has 0 bridgehead atoms. The second-order valence-electron chi connectivity index (χ2n) is 8.55. The lowest BCUT2D eigenvalue weighted by molar-refractivity contribution is 0.233. The van der Waals surface area contributed by atoms with Crippen LogP contribution in [0.25, 0.3) is 6.08 Å². The standard InChI is InChI=1S/C26H26N2O3S/c29-28-25(21-8-2-1-3-9-21)17-14-22-10-5-11-24(26(22)28)27-32(30,31)23-15-12-20(13-16-23)18-19-6-4-7-19/h1-3,5,8-17,19,25,27,29H,4,6-7,18H2. The van der Waals surface area contributed by atoms with Crippen molar-refractivity contribution in [2.24, 2.45) is 5.92 Å². The number of nitrogens with one attached hydrogen (secondary N) is 1. The summed E-state index contributed by atoms with van der Waals surface area (Å²) in [6.07, 6.45) is 8.63. The first-order valence-corrected chi connectivity index (χ1v) is 12.5. The zero-order valence-corrected chi connectivity index (χ0v) is 18.5. The predicted octanol–water partition coefficient (Wildman–Crippen LogP) is 5.79. The van der Waals surface area contributed by atoms with E-state index < -0.39 is 16.1 Å². The van der Waals surface area contributed by atoms with Gasteiger partial charge in [0.05, 0.1) is 22.3 Å². The molecule has 0 amide bonds. The molecule has 1 fully saturated rings. The van der Waals surface area contributed by atoms with Gasteiger partial charge in [-0.1, -0.05) is 86.0 Å². The molecule has 32 heavy (non-hydrogen) atoms. The van der Waals surface area contributed by atoms with Gasteiger partial charge in [-0.2, -0.15) is 0 Å². The van der Waals surface area contributed by atoms with Crippen LogP contribution in [0, 0.1) is 5.92 Å². The minimum Gasteiger partial charge on any atom is -0.287 e. The van der Waals surface area contributed by atoms with Gasteiger partial charge in [0, 0.05) is 5.56 Å². The van der Waals surface area contributed by atoms with E-state index in [1.54, 1.807) is 24.3 Å². The molecule has 1 atom stereocenters. The molecule has 0 aromatic heterocycles. The second kappa shape index (κ2) is 8.45. The molecule has 1 saturated carbocycles. The van der Waals surface area contributed by atoms with Crippen molar-refractivity contribution in [2.45, 2.75) is 36.6 Å². The molecule has 5 rings (SSSR count). The number of hydrogen-bond donors (Lipinski definition) is 2. The van der Waals surface area contributed by atoms with Crippen LogP contribution in [0.3, 0.4) is 0 Å². The van der Waals surface area contributed by atoms with E-state index in [1.807, 2.05) is 60.7 Å². The highest BCUT2D eigenvalue weighted by Gasteiger charge is 2.27. The molecular formula is C26H26N2O3S. The maximum Gasteiger partial charge on any atom is 0.261 e. The molecule has 0 spiro atoms. The summed E-state index contributed by atoms with van der Waals surface area (Å²) >= 11 is 0. The molecule has 0 saturated heterocycles. The van der Waals surface area contributed by atoms with E-state index in [0.717, 1.165) is 28.5 Å². The van der Waals surface area contributed by atoms with E-state index in [-0.39, 0.29) is 4.90 Å². The van der Waals surface area contributed by atoms with Gasteiger partial charge in [-0.05, 0) is 41.7 Å². The number of hydroxylamine groups is 1. The third-order valence-corrected chi connectivity index (χ3v) is 7.77. The first-order valence-electron chi connectivity index (χ1n) is 11.0. The third kappa shape index (κ3) is 4.04. The Balaban J connectivity index is 1.41. The lowest BCUT2D eigenvalue weighted by Crippen LogP contribution is -2.28. The molecule has 5 nitrogen and oxygen atoms in total. The Hall–Kier alpha value is -3.09. The Morgan fingerprint density at radius 1 is 0.938 bits per heavy atom. The largest absolute Gasteiger partial charge is 0.287 e.